The van der Waals surface area contributed by atoms with Crippen molar-refractivity contribution in [2.24, 2.45) is 5.73 Å². The number of halogens is 1. The van der Waals surface area contributed by atoms with E-state index in [0.717, 1.165) is 32.1 Å². The van der Waals surface area contributed by atoms with Gasteiger partial charge in [0.05, 0.1) is 12.1 Å². The number of carbonyl (C=O) groups excluding carboxylic acids is 1. The van der Waals surface area contributed by atoms with E-state index in [1.165, 1.54) is 11.1 Å². The zero-order valence-electron chi connectivity index (χ0n) is 14.6. The second-order valence-electron chi connectivity index (χ2n) is 6.97. The lowest BCUT2D eigenvalue weighted by molar-refractivity contribution is 0.190. The molecular formula is C18H24ClN5O2. The van der Waals surface area contributed by atoms with Gasteiger partial charge in [0.25, 0.3) is 0 Å². The predicted molar refractivity (Wildman–Crippen MR) is 98.7 cm³/mol. The molecule has 1 aliphatic heterocycles. The third-order valence-corrected chi connectivity index (χ3v) is 5.22. The zero-order valence-corrected chi connectivity index (χ0v) is 15.4. The van der Waals surface area contributed by atoms with Gasteiger partial charge in [0.2, 0.25) is 5.89 Å². The van der Waals surface area contributed by atoms with Crippen LogP contribution in [0.2, 0.25) is 0 Å². The molecule has 0 spiro atoms. The van der Waals surface area contributed by atoms with E-state index in [0.29, 0.717) is 24.8 Å². The van der Waals surface area contributed by atoms with Crippen LogP contribution in [0.15, 0.2) is 28.8 Å². The van der Waals surface area contributed by atoms with Crippen LogP contribution in [0.25, 0.3) is 0 Å². The van der Waals surface area contributed by atoms with Gasteiger partial charge in [-0.25, -0.2) is 4.79 Å². The third kappa shape index (κ3) is 3.68. The number of amides is 2. The molecule has 1 fully saturated rings. The van der Waals surface area contributed by atoms with Crippen LogP contribution in [0.5, 0.6) is 0 Å². The van der Waals surface area contributed by atoms with Crippen molar-refractivity contribution in [1.82, 2.24) is 20.4 Å². The fraction of sp³-hybridized carbons (Fsp3) is 0.500. The van der Waals surface area contributed by atoms with Crippen LogP contribution in [-0.4, -0.2) is 27.6 Å². The first-order valence-electron chi connectivity index (χ1n) is 8.86. The van der Waals surface area contributed by atoms with Crippen LogP contribution < -0.4 is 11.1 Å². The Morgan fingerprint density at radius 3 is 2.77 bits per heavy atom. The van der Waals surface area contributed by atoms with Crippen molar-refractivity contribution >= 4 is 18.4 Å². The van der Waals surface area contributed by atoms with Crippen LogP contribution in [-0.2, 0) is 25.0 Å². The Hall–Kier alpha value is -2.12. The van der Waals surface area contributed by atoms with E-state index in [1.807, 2.05) is 12.1 Å². The largest absolute Gasteiger partial charge is 0.337 e. The van der Waals surface area contributed by atoms with Gasteiger partial charge in [-0.05, 0) is 30.4 Å². The predicted octanol–water partition coefficient (Wildman–Crippen LogP) is 2.49. The zero-order chi connectivity index (χ0) is 17.3. The van der Waals surface area contributed by atoms with E-state index < -0.39 is 5.54 Å². The quantitative estimate of drug-likeness (QED) is 0.856. The number of benzene rings is 1. The van der Waals surface area contributed by atoms with Crippen molar-refractivity contribution in [3.8, 4) is 0 Å². The number of urea groups is 1. The van der Waals surface area contributed by atoms with Gasteiger partial charge in [-0.3, -0.25) is 0 Å². The van der Waals surface area contributed by atoms with Crippen molar-refractivity contribution in [1.29, 1.82) is 0 Å². The standard InChI is InChI=1S/C18H23N5O2.ClH/c19-18(8-3-4-9-18)16-21-15(25-22-16)11-20-17(24)23-10-7-13-5-1-2-6-14(13)12-23;/h1-2,5-6H,3-4,7-12,19H2,(H,20,24);1H. The molecular weight excluding hydrogens is 354 g/mol. The molecule has 0 radical (unpaired) electrons. The van der Waals surface area contributed by atoms with Crippen molar-refractivity contribution in [3.63, 3.8) is 0 Å². The summed E-state index contributed by atoms with van der Waals surface area (Å²) in [6.45, 7) is 1.56. The molecule has 2 aliphatic rings. The molecule has 2 heterocycles. The topological polar surface area (TPSA) is 97.3 Å². The number of hydrogen-bond acceptors (Lipinski definition) is 5. The van der Waals surface area contributed by atoms with Gasteiger partial charge in [-0.15, -0.1) is 12.4 Å². The average Bonchev–Trinajstić information content (AvgIpc) is 3.29. The van der Waals surface area contributed by atoms with Gasteiger partial charge < -0.3 is 20.5 Å². The Labute approximate surface area is 158 Å². The lowest BCUT2D eigenvalue weighted by Crippen LogP contribution is -2.42. The van der Waals surface area contributed by atoms with E-state index in [9.17, 15) is 4.79 Å². The molecule has 2 aromatic rings. The highest BCUT2D eigenvalue weighted by Crippen LogP contribution is 2.34. The maximum atomic E-state index is 12.4. The summed E-state index contributed by atoms with van der Waals surface area (Å²) in [5.74, 6) is 0.957. The van der Waals surface area contributed by atoms with Gasteiger partial charge in [-0.1, -0.05) is 42.3 Å². The number of nitrogens with zero attached hydrogens (tertiary/aromatic N) is 3. The highest BCUT2D eigenvalue weighted by Gasteiger charge is 2.36. The number of hydrogen-bond donors (Lipinski definition) is 2. The summed E-state index contributed by atoms with van der Waals surface area (Å²) in [4.78, 5) is 18.6. The molecule has 1 aromatic carbocycles. The van der Waals surface area contributed by atoms with Crippen LogP contribution in [0.3, 0.4) is 0 Å². The molecule has 2 amide bonds. The molecule has 0 saturated heterocycles. The first kappa shape index (κ1) is 18.7. The van der Waals surface area contributed by atoms with Crippen LogP contribution in [0.1, 0.15) is 48.5 Å². The second-order valence-corrected chi connectivity index (χ2v) is 6.97. The highest BCUT2D eigenvalue weighted by atomic mass is 35.5. The molecule has 1 saturated carbocycles. The van der Waals surface area contributed by atoms with Crippen molar-refractivity contribution in [2.45, 2.75) is 50.7 Å². The molecule has 1 aliphatic carbocycles. The van der Waals surface area contributed by atoms with Crippen molar-refractivity contribution < 1.29 is 9.32 Å². The van der Waals surface area contributed by atoms with Crippen LogP contribution >= 0.6 is 12.4 Å². The number of fused-ring (bicyclic) bond motifs is 1. The SMILES string of the molecule is Cl.NC1(c2noc(CNC(=O)N3CCc4ccccc4C3)n2)CCCC1. The first-order chi connectivity index (χ1) is 12.1. The van der Waals surface area contributed by atoms with Gasteiger partial charge in [0, 0.05) is 13.1 Å². The minimum absolute atomic E-state index is 0. The van der Waals surface area contributed by atoms with E-state index in [-0.39, 0.29) is 25.0 Å². The minimum atomic E-state index is -0.470. The second kappa shape index (κ2) is 7.63. The molecule has 0 atom stereocenters. The number of nitrogens with one attached hydrogen (secondary N) is 1. The van der Waals surface area contributed by atoms with Gasteiger partial charge >= 0.3 is 6.03 Å². The summed E-state index contributed by atoms with van der Waals surface area (Å²) in [7, 11) is 0. The fourth-order valence-corrected chi connectivity index (χ4v) is 3.69. The lowest BCUT2D eigenvalue weighted by atomic mass is 9.99. The molecule has 1 aromatic heterocycles. The lowest BCUT2D eigenvalue weighted by Gasteiger charge is -2.28. The minimum Gasteiger partial charge on any atom is -0.337 e. The van der Waals surface area contributed by atoms with E-state index in [1.54, 1.807) is 4.90 Å². The Balaban J connectivity index is 0.00000196. The Morgan fingerprint density at radius 2 is 2.00 bits per heavy atom. The Kier molecular flexibility index (Phi) is 5.48. The molecule has 26 heavy (non-hydrogen) atoms. The maximum Gasteiger partial charge on any atom is 0.318 e. The molecule has 4 rings (SSSR count). The summed E-state index contributed by atoms with van der Waals surface area (Å²) >= 11 is 0. The first-order valence-corrected chi connectivity index (χ1v) is 8.86. The molecule has 3 N–H and O–H groups in total. The molecule has 0 bridgehead atoms. The Morgan fingerprint density at radius 1 is 1.27 bits per heavy atom. The molecule has 8 heteroatoms. The van der Waals surface area contributed by atoms with Gasteiger partial charge in [-0.2, -0.15) is 4.98 Å². The monoisotopic (exact) mass is 377 g/mol. The third-order valence-electron chi connectivity index (χ3n) is 5.22. The summed E-state index contributed by atoms with van der Waals surface area (Å²) in [6, 6.07) is 8.12. The fourth-order valence-electron chi connectivity index (χ4n) is 3.69. The number of carbonyl (C=O) groups is 1. The van der Waals surface area contributed by atoms with Gasteiger partial charge in [0.15, 0.2) is 5.82 Å². The molecule has 0 unspecified atom stereocenters. The summed E-state index contributed by atoms with van der Waals surface area (Å²) in [5.41, 5.74) is 8.38. The smallest absolute Gasteiger partial charge is 0.318 e. The van der Waals surface area contributed by atoms with Crippen molar-refractivity contribution in [3.05, 3.63) is 47.1 Å². The maximum absolute atomic E-state index is 12.4. The summed E-state index contributed by atoms with van der Waals surface area (Å²) in [6.07, 6.45) is 4.82. The molecule has 140 valence electrons. The number of aromatic nitrogens is 2. The normalized spacial score (nSPS) is 18.1. The van der Waals surface area contributed by atoms with E-state index in [4.69, 9.17) is 10.3 Å². The molecule has 7 nitrogen and oxygen atoms in total. The number of rotatable bonds is 3. The summed E-state index contributed by atoms with van der Waals surface area (Å²) in [5, 5.41) is 6.88. The summed E-state index contributed by atoms with van der Waals surface area (Å²) < 4.78 is 5.26. The number of nitrogens with two attached hydrogens (primary N) is 1. The van der Waals surface area contributed by atoms with Gasteiger partial charge in [0.1, 0.15) is 0 Å². The van der Waals surface area contributed by atoms with Crippen LogP contribution in [0.4, 0.5) is 4.79 Å². The Bertz CT molecular complexity index is 772. The van der Waals surface area contributed by atoms with E-state index in [2.05, 4.69) is 27.6 Å². The van der Waals surface area contributed by atoms with E-state index >= 15 is 0 Å². The van der Waals surface area contributed by atoms with Crippen LogP contribution in [0, 0.1) is 0 Å². The average molecular weight is 378 g/mol. The van der Waals surface area contributed by atoms with Crippen molar-refractivity contribution in [2.75, 3.05) is 6.54 Å². The highest BCUT2D eigenvalue weighted by molar-refractivity contribution is 5.85.